The van der Waals surface area contributed by atoms with Crippen molar-refractivity contribution < 1.29 is 23.6 Å². The van der Waals surface area contributed by atoms with Gasteiger partial charge in [-0.3, -0.25) is 19.2 Å². The van der Waals surface area contributed by atoms with Crippen molar-refractivity contribution >= 4 is 46.3 Å². The van der Waals surface area contributed by atoms with Crippen LogP contribution in [0.15, 0.2) is 35.6 Å². The molecule has 15 heteroatoms. The van der Waals surface area contributed by atoms with Crippen molar-refractivity contribution in [1.29, 1.82) is 0 Å². The number of azide groups is 1. The summed E-state index contributed by atoms with van der Waals surface area (Å²) in [5.41, 5.74) is 13.8. The lowest BCUT2D eigenvalue weighted by atomic mass is 10.2. The second-order valence-corrected chi connectivity index (χ2v) is 8.61. The molecule has 1 aliphatic rings. The van der Waals surface area contributed by atoms with Crippen LogP contribution in [0.3, 0.4) is 0 Å². The minimum absolute atomic E-state index is 0.0637. The molecule has 0 radical (unpaired) electrons. The molecule has 1 saturated carbocycles. The third kappa shape index (κ3) is 5.66. The molecule has 1 fully saturated rings. The van der Waals surface area contributed by atoms with Crippen LogP contribution in [-0.2, 0) is 22.7 Å². The number of primary amides is 1. The largest absolute Gasteiger partial charge is 0.364 e. The average molecular weight is 528 g/mol. The Morgan fingerprint density at radius 1 is 1.32 bits per heavy atom. The number of hydrogen-bond donors (Lipinski definition) is 2. The quantitative estimate of drug-likeness (QED) is 0.243. The zero-order valence-corrected chi connectivity index (χ0v) is 19.9. The van der Waals surface area contributed by atoms with E-state index in [1.165, 1.54) is 23.1 Å². The molecule has 0 unspecified atom stereocenters. The first-order valence-electron chi connectivity index (χ1n) is 10.9. The van der Waals surface area contributed by atoms with Gasteiger partial charge in [-0.2, -0.15) is 5.10 Å². The summed E-state index contributed by atoms with van der Waals surface area (Å²) in [4.78, 5) is 57.4. The molecule has 0 atom stereocenters. The van der Waals surface area contributed by atoms with Gasteiger partial charge >= 0.3 is 0 Å². The monoisotopic (exact) mass is 527 g/mol. The average Bonchev–Trinajstić information content (AvgIpc) is 3.64. The van der Waals surface area contributed by atoms with Crippen LogP contribution in [0.2, 0.25) is 5.02 Å². The van der Waals surface area contributed by atoms with Gasteiger partial charge < -0.3 is 16.0 Å². The Labute approximate surface area is 213 Å². The molecule has 1 aromatic carbocycles. The summed E-state index contributed by atoms with van der Waals surface area (Å²) in [5, 5.41) is 9.67. The smallest absolute Gasteiger partial charge is 0.269 e. The van der Waals surface area contributed by atoms with Gasteiger partial charge in [-0.15, -0.1) is 0 Å². The number of aromatic nitrogens is 3. The number of carbonyl (C=O) groups excluding carboxylic acids is 4. The van der Waals surface area contributed by atoms with E-state index in [4.69, 9.17) is 22.9 Å². The van der Waals surface area contributed by atoms with Crippen molar-refractivity contribution in [3.05, 3.63) is 68.6 Å². The highest BCUT2D eigenvalue weighted by Gasteiger charge is 2.34. The van der Waals surface area contributed by atoms with Crippen LogP contribution in [0, 0.1) is 5.82 Å². The molecule has 0 spiro atoms. The van der Waals surface area contributed by atoms with Gasteiger partial charge in [0.25, 0.3) is 11.8 Å². The van der Waals surface area contributed by atoms with Gasteiger partial charge in [0.2, 0.25) is 11.8 Å². The second kappa shape index (κ2) is 10.6. The molecule has 37 heavy (non-hydrogen) atoms. The van der Waals surface area contributed by atoms with Crippen LogP contribution < -0.4 is 11.1 Å². The lowest BCUT2D eigenvalue weighted by Gasteiger charge is -2.22. The van der Waals surface area contributed by atoms with Crippen molar-refractivity contribution in [3.8, 4) is 0 Å². The minimum atomic E-state index is -0.918. The summed E-state index contributed by atoms with van der Waals surface area (Å²) >= 11 is 5.76. The van der Waals surface area contributed by atoms with Crippen LogP contribution >= 0.6 is 11.6 Å². The summed E-state index contributed by atoms with van der Waals surface area (Å²) in [5.74, 6) is -3.44. The van der Waals surface area contributed by atoms with Crippen molar-refractivity contribution in [2.75, 3.05) is 6.54 Å². The van der Waals surface area contributed by atoms with Crippen LogP contribution in [0.4, 0.5) is 4.39 Å². The highest BCUT2D eigenvalue weighted by atomic mass is 35.5. The molecule has 0 saturated heterocycles. The molecule has 2 aromatic heterocycles. The number of nitrogens with zero attached hydrogens (tertiary/aromatic N) is 7. The van der Waals surface area contributed by atoms with Gasteiger partial charge in [0.05, 0.1) is 17.0 Å². The first kappa shape index (κ1) is 25.5. The molecular formula is C22H19ClFN9O4. The number of fused-ring (bicyclic) bond motifs is 1. The maximum Gasteiger partial charge on any atom is 0.269 e. The Hall–Kier alpha value is -4.55. The Morgan fingerprint density at radius 2 is 2.08 bits per heavy atom. The summed E-state index contributed by atoms with van der Waals surface area (Å²) in [7, 11) is 0. The maximum absolute atomic E-state index is 14.1. The second-order valence-electron chi connectivity index (χ2n) is 8.20. The maximum atomic E-state index is 14.1. The van der Waals surface area contributed by atoms with Crippen molar-refractivity contribution in [3.63, 3.8) is 0 Å². The molecule has 2 heterocycles. The summed E-state index contributed by atoms with van der Waals surface area (Å²) in [6.07, 6.45) is 2.53. The summed E-state index contributed by atoms with van der Waals surface area (Å²) < 4.78 is 15.2. The lowest BCUT2D eigenvalue weighted by Crippen LogP contribution is -2.43. The predicted molar refractivity (Wildman–Crippen MR) is 128 cm³/mol. The van der Waals surface area contributed by atoms with Gasteiger partial charge in [0, 0.05) is 34.8 Å². The minimum Gasteiger partial charge on any atom is -0.364 e. The number of nitrogens with one attached hydrogen (secondary N) is 1. The highest BCUT2D eigenvalue weighted by molar-refractivity contribution is 6.30. The van der Waals surface area contributed by atoms with Crippen LogP contribution in [0.1, 0.15) is 39.3 Å². The molecule has 190 valence electrons. The first-order valence-corrected chi connectivity index (χ1v) is 11.3. The SMILES string of the molecule is [N-]=[N+]=NC(=O)c1cnc2c(c1)c(C(N)=O)nn2CC(=O)N(CC(=O)NCc1cccc(Cl)c1F)C1CC1. The standard InChI is InChI=1S/C22H19ClFN9O4/c23-15-3-1-2-11(18(15)24)7-27-16(34)9-32(13-4-5-13)17(35)10-33-21-14(19(30-33)20(25)36)6-12(8-28-21)22(37)29-31-26/h1-3,6,8,13H,4-5,7,9-10H2,(H2,25,36)(H,27,34). The van der Waals surface area contributed by atoms with Gasteiger partial charge in [-0.1, -0.05) is 23.7 Å². The summed E-state index contributed by atoms with van der Waals surface area (Å²) in [6, 6.07) is 5.54. The molecule has 13 nitrogen and oxygen atoms in total. The number of benzene rings is 1. The van der Waals surface area contributed by atoms with Gasteiger partial charge in [0.1, 0.15) is 12.4 Å². The fourth-order valence-corrected chi connectivity index (χ4v) is 3.88. The number of nitrogens with two attached hydrogens (primary N) is 1. The zero-order valence-electron chi connectivity index (χ0n) is 19.1. The van der Waals surface area contributed by atoms with E-state index < -0.39 is 29.4 Å². The Bertz CT molecular complexity index is 1480. The fourth-order valence-electron chi connectivity index (χ4n) is 3.68. The van der Waals surface area contributed by atoms with Crippen molar-refractivity contribution in [2.24, 2.45) is 10.8 Å². The molecule has 3 aromatic rings. The number of halogens is 2. The van der Waals surface area contributed by atoms with Gasteiger partial charge in [-0.05, 0) is 35.6 Å². The Kier molecular flexibility index (Phi) is 7.32. The van der Waals surface area contributed by atoms with Crippen LogP contribution in [-0.4, -0.2) is 55.9 Å². The van der Waals surface area contributed by atoms with Crippen molar-refractivity contribution in [1.82, 2.24) is 25.0 Å². The molecule has 4 amide bonds. The topological polar surface area (TPSA) is 189 Å². The zero-order chi connectivity index (χ0) is 26.7. The predicted octanol–water partition coefficient (Wildman–Crippen LogP) is 2.08. The molecule has 0 aliphatic heterocycles. The van der Waals surface area contributed by atoms with Crippen molar-refractivity contribution in [2.45, 2.75) is 32.0 Å². The van der Waals surface area contributed by atoms with Gasteiger partial charge in [0.15, 0.2) is 11.3 Å². The van der Waals surface area contributed by atoms with Crippen LogP contribution in [0.5, 0.6) is 0 Å². The van der Waals surface area contributed by atoms with E-state index in [1.807, 2.05) is 0 Å². The number of hydrogen-bond acceptors (Lipinski definition) is 6. The molecule has 4 rings (SSSR count). The number of amides is 4. The van der Waals surface area contributed by atoms with E-state index in [0.29, 0.717) is 12.8 Å². The van der Waals surface area contributed by atoms with Crippen LogP contribution in [0.25, 0.3) is 21.5 Å². The van der Waals surface area contributed by atoms with E-state index in [-0.39, 0.29) is 58.6 Å². The lowest BCUT2D eigenvalue weighted by molar-refractivity contribution is -0.137. The molecule has 1 aliphatic carbocycles. The molecule has 0 bridgehead atoms. The Morgan fingerprint density at radius 3 is 2.76 bits per heavy atom. The van der Waals surface area contributed by atoms with E-state index in [0.717, 1.165) is 10.9 Å². The fraction of sp³-hybridized carbons (Fsp3) is 0.273. The first-order chi connectivity index (χ1) is 17.7. The molecule has 3 N–H and O–H groups in total. The third-order valence-corrected chi connectivity index (χ3v) is 5.91. The molecular weight excluding hydrogens is 509 g/mol. The number of pyridine rings is 1. The van der Waals surface area contributed by atoms with E-state index in [2.05, 4.69) is 25.4 Å². The normalized spacial score (nSPS) is 12.6. The number of rotatable bonds is 9. The highest BCUT2D eigenvalue weighted by Crippen LogP contribution is 2.27. The van der Waals surface area contributed by atoms with Gasteiger partial charge in [-0.25, -0.2) is 14.1 Å². The van der Waals surface area contributed by atoms with E-state index >= 15 is 0 Å². The Balaban J connectivity index is 1.51. The third-order valence-electron chi connectivity index (χ3n) is 5.62. The van der Waals surface area contributed by atoms with E-state index in [9.17, 15) is 23.6 Å². The van der Waals surface area contributed by atoms with E-state index in [1.54, 1.807) is 6.07 Å². The summed E-state index contributed by atoms with van der Waals surface area (Å²) in [6.45, 7) is -0.747. The number of carbonyl (C=O) groups is 4.